The second-order valence-electron chi connectivity index (χ2n) is 9.91. The van der Waals surface area contributed by atoms with E-state index in [1.54, 1.807) is 0 Å². The van der Waals surface area contributed by atoms with Gasteiger partial charge in [0.05, 0.1) is 24.3 Å². The van der Waals surface area contributed by atoms with Gasteiger partial charge >= 0.3 is 0 Å². The van der Waals surface area contributed by atoms with Gasteiger partial charge in [-0.2, -0.15) is 0 Å². The van der Waals surface area contributed by atoms with Crippen LogP contribution in [0.1, 0.15) is 55.6 Å². The molecule has 0 radical (unpaired) electrons. The van der Waals surface area contributed by atoms with E-state index >= 15 is 0 Å². The third-order valence-electron chi connectivity index (χ3n) is 7.66. The number of aliphatic hydroxyl groups excluding tert-OH is 2. The Labute approximate surface area is 217 Å². The van der Waals surface area contributed by atoms with Gasteiger partial charge in [0, 0.05) is 28.5 Å². The van der Waals surface area contributed by atoms with Gasteiger partial charge in [-0.3, -0.25) is 10.1 Å². The summed E-state index contributed by atoms with van der Waals surface area (Å²) in [4.78, 5) is 13.6. The first-order chi connectivity index (χ1) is 16.8. The summed E-state index contributed by atoms with van der Waals surface area (Å²) in [5.74, 6) is -0.223. The molecule has 0 unspecified atom stereocenters. The summed E-state index contributed by atoms with van der Waals surface area (Å²) in [6.45, 7) is -0.0808. The molecular weight excluding hydrogens is 485 g/mol. The molecule has 0 spiro atoms. The highest BCUT2D eigenvalue weighted by molar-refractivity contribution is 6.30. The number of hydrogen-bond acceptors (Lipinski definition) is 5. The maximum Gasteiger partial charge on any atom is 0.237 e. The molecule has 1 saturated carbocycles. The molecule has 8 heteroatoms. The molecule has 1 aliphatic carbocycles. The summed E-state index contributed by atoms with van der Waals surface area (Å²) in [6, 6.07) is 14.5. The molecular formula is C27H35Cl2N3O3. The maximum absolute atomic E-state index is 13.6. The van der Waals surface area contributed by atoms with E-state index in [9.17, 15) is 9.90 Å². The molecule has 35 heavy (non-hydrogen) atoms. The number of aliphatic hydroxyl groups is 2. The van der Waals surface area contributed by atoms with Gasteiger partial charge in [-0.1, -0.05) is 66.7 Å². The standard InChI is InChI=1S/C27H35Cl2N3O3/c28-20-11-9-19(10-12-20)27(30)23(18-7-4-8-21(29)15-18)24(26(35)31-14-13-22(34)16-33)32-25(27)17-5-2-1-3-6-17/h4,7-12,15,17,22-25,32-34H,1-3,5-6,13-14,16,30H2,(H,31,35)/t22-,23-,24+,25-,27-/m0/s1. The van der Waals surface area contributed by atoms with E-state index in [2.05, 4.69) is 10.6 Å². The molecule has 4 rings (SSSR count). The minimum absolute atomic E-state index is 0.119. The predicted octanol–water partition coefficient (Wildman–Crippen LogP) is 3.71. The highest BCUT2D eigenvalue weighted by Crippen LogP contribution is 2.49. The Bertz CT molecular complexity index is 999. The average Bonchev–Trinajstić information content (AvgIpc) is 3.18. The first-order valence-electron chi connectivity index (χ1n) is 12.5. The van der Waals surface area contributed by atoms with Crippen molar-refractivity contribution in [2.45, 2.75) is 68.2 Å². The van der Waals surface area contributed by atoms with E-state index in [0.717, 1.165) is 36.8 Å². The summed E-state index contributed by atoms with van der Waals surface area (Å²) >= 11 is 12.6. The lowest BCUT2D eigenvalue weighted by Crippen LogP contribution is -2.54. The molecule has 6 N–H and O–H groups in total. The van der Waals surface area contributed by atoms with Crippen LogP contribution in [0.5, 0.6) is 0 Å². The summed E-state index contributed by atoms with van der Waals surface area (Å²) in [5.41, 5.74) is 8.42. The number of benzene rings is 2. The zero-order valence-electron chi connectivity index (χ0n) is 19.8. The van der Waals surface area contributed by atoms with Crippen LogP contribution in [0.2, 0.25) is 10.0 Å². The summed E-state index contributed by atoms with van der Waals surface area (Å²) in [6.07, 6.45) is 5.04. The molecule has 6 nitrogen and oxygen atoms in total. The fourth-order valence-electron chi connectivity index (χ4n) is 5.95. The number of amides is 1. The third-order valence-corrected chi connectivity index (χ3v) is 8.15. The first kappa shape index (κ1) is 26.4. The zero-order chi connectivity index (χ0) is 25.0. The molecule has 1 aliphatic heterocycles. The molecule has 190 valence electrons. The monoisotopic (exact) mass is 519 g/mol. The summed E-state index contributed by atoms with van der Waals surface area (Å²) in [5, 5.41) is 26.6. The lowest BCUT2D eigenvalue weighted by Gasteiger charge is -2.42. The number of nitrogens with two attached hydrogens (primary N) is 1. The van der Waals surface area contributed by atoms with Crippen LogP contribution >= 0.6 is 23.2 Å². The van der Waals surface area contributed by atoms with Crippen molar-refractivity contribution in [3.05, 3.63) is 69.7 Å². The van der Waals surface area contributed by atoms with Crippen LogP contribution in [0, 0.1) is 5.92 Å². The van der Waals surface area contributed by atoms with Crippen LogP contribution in [0.4, 0.5) is 0 Å². The lowest BCUT2D eigenvalue weighted by molar-refractivity contribution is -0.123. The van der Waals surface area contributed by atoms with Crippen molar-refractivity contribution >= 4 is 29.1 Å². The van der Waals surface area contributed by atoms with Crippen molar-refractivity contribution in [1.82, 2.24) is 10.6 Å². The molecule has 2 aromatic rings. The molecule has 1 amide bonds. The quantitative estimate of drug-likeness (QED) is 0.365. The number of carbonyl (C=O) groups is 1. The van der Waals surface area contributed by atoms with Crippen molar-refractivity contribution < 1.29 is 15.0 Å². The van der Waals surface area contributed by atoms with Crippen LogP contribution in [-0.2, 0) is 10.3 Å². The smallest absolute Gasteiger partial charge is 0.237 e. The summed E-state index contributed by atoms with van der Waals surface area (Å²) in [7, 11) is 0. The maximum atomic E-state index is 13.6. The van der Waals surface area contributed by atoms with Gasteiger partial charge in [0.15, 0.2) is 0 Å². The van der Waals surface area contributed by atoms with Crippen LogP contribution in [0.25, 0.3) is 0 Å². The largest absolute Gasteiger partial charge is 0.394 e. The van der Waals surface area contributed by atoms with Crippen LogP contribution in [0.3, 0.4) is 0 Å². The summed E-state index contributed by atoms with van der Waals surface area (Å²) < 4.78 is 0. The molecule has 1 saturated heterocycles. The number of nitrogens with one attached hydrogen (secondary N) is 2. The lowest BCUT2D eigenvalue weighted by atomic mass is 9.66. The second-order valence-corrected chi connectivity index (χ2v) is 10.8. The van der Waals surface area contributed by atoms with Gasteiger partial charge in [-0.05, 0) is 60.6 Å². The van der Waals surface area contributed by atoms with Crippen molar-refractivity contribution in [3.8, 4) is 0 Å². The van der Waals surface area contributed by atoms with Gasteiger partial charge in [0.25, 0.3) is 0 Å². The Morgan fingerprint density at radius 1 is 1.11 bits per heavy atom. The average molecular weight is 521 g/mol. The molecule has 0 bridgehead atoms. The van der Waals surface area contributed by atoms with E-state index in [1.165, 1.54) is 6.42 Å². The molecule has 2 aliphatic rings. The van der Waals surface area contributed by atoms with Gasteiger partial charge in [0.2, 0.25) is 5.91 Å². The fraction of sp³-hybridized carbons (Fsp3) is 0.519. The van der Waals surface area contributed by atoms with Crippen molar-refractivity contribution in [2.75, 3.05) is 13.2 Å². The van der Waals surface area contributed by atoms with E-state index in [4.69, 9.17) is 34.0 Å². The molecule has 2 fully saturated rings. The second kappa shape index (κ2) is 11.6. The van der Waals surface area contributed by atoms with Crippen LogP contribution in [-0.4, -0.2) is 47.5 Å². The van der Waals surface area contributed by atoms with Crippen molar-refractivity contribution in [1.29, 1.82) is 0 Å². The van der Waals surface area contributed by atoms with Gasteiger partial charge < -0.3 is 21.3 Å². The van der Waals surface area contributed by atoms with Crippen molar-refractivity contribution in [3.63, 3.8) is 0 Å². The minimum atomic E-state index is -0.871. The van der Waals surface area contributed by atoms with Crippen LogP contribution in [0.15, 0.2) is 48.5 Å². The zero-order valence-corrected chi connectivity index (χ0v) is 21.3. The van der Waals surface area contributed by atoms with Gasteiger partial charge in [-0.15, -0.1) is 0 Å². The Morgan fingerprint density at radius 2 is 1.83 bits per heavy atom. The van der Waals surface area contributed by atoms with E-state index in [-0.39, 0.29) is 37.4 Å². The van der Waals surface area contributed by atoms with E-state index < -0.39 is 17.7 Å². The topological polar surface area (TPSA) is 108 Å². The van der Waals surface area contributed by atoms with Gasteiger partial charge in [0.1, 0.15) is 0 Å². The molecule has 0 aromatic heterocycles. The predicted molar refractivity (Wildman–Crippen MR) is 140 cm³/mol. The Hall–Kier alpha value is -1.67. The molecule has 1 heterocycles. The minimum Gasteiger partial charge on any atom is -0.394 e. The first-order valence-corrected chi connectivity index (χ1v) is 13.2. The normalized spacial score (nSPS) is 28.1. The number of carbonyl (C=O) groups excluding carboxylic acids is 1. The molecule has 2 aromatic carbocycles. The Kier molecular flexibility index (Phi) is 8.74. The van der Waals surface area contributed by atoms with Crippen molar-refractivity contribution in [2.24, 2.45) is 11.7 Å². The third kappa shape index (κ3) is 5.68. The number of hydrogen-bond donors (Lipinski definition) is 5. The van der Waals surface area contributed by atoms with E-state index in [1.807, 2.05) is 48.5 Å². The highest BCUT2D eigenvalue weighted by atomic mass is 35.5. The Balaban J connectivity index is 1.76. The highest BCUT2D eigenvalue weighted by Gasteiger charge is 2.58. The SMILES string of the molecule is N[C@]1(c2ccc(Cl)cc2)[C@H](C2CCCCC2)N[C@@H](C(=O)NCC[C@H](O)CO)[C@@H]1c1cccc(Cl)c1. The van der Waals surface area contributed by atoms with Gasteiger partial charge in [-0.25, -0.2) is 0 Å². The number of rotatable bonds is 8. The Morgan fingerprint density at radius 3 is 2.49 bits per heavy atom. The van der Waals surface area contributed by atoms with E-state index in [0.29, 0.717) is 16.0 Å². The number of halogens is 2. The molecule has 5 atom stereocenters. The fourth-order valence-corrected chi connectivity index (χ4v) is 6.27. The van der Waals surface area contributed by atoms with Crippen LogP contribution < -0.4 is 16.4 Å².